The molecule has 1 nitrogen and oxygen atoms in total. The van der Waals surface area contributed by atoms with E-state index < -0.39 is 0 Å². The largest absolute Gasteiger partial charge is 0.256 e. The summed E-state index contributed by atoms with van der Waals surface area (Å²) in [6.07, 6.45) is 5.75. The number of aryl methyl sites for hydroxylation is 1. The van der Waals surface area contributed by atoms with Crippen LogP contribution in [0.4, 0.5) is 0 Å². The normalized spacial score (nSPS) is 11.2. The van der Waals surface area contributed by atoms with Crippen molar-refractivity contribution >= 4 is 11.9 Å². The first kappa shape index (κ1) is 12.4. The van der Waals surface area contributed by atoms with E-state index in [0.29, 0.717) is 0 Å². The van der Waals surface area contributed by atoms with Crippen LogP contribution < -0.4 is 0 Å². The Labute approximate surface area is 98.2 Å². The van der Waals surface area contributed by atoms with Crippen molar-refractivity contribution in [2.24, 2.45) is 4.99 Å². The van der Waals surface area contributed by atoms with E-state index in [2.05, 4.69) is 50.0 Å². The Bertz CT molecular complexity index is 415. The van der Waals surface area contributed by atoms with Gasteiger partial charge in [-0.3, -0.25) is 4.99 Å². The zero-order valence-corrected chi connectivity index (χ0v) is 10.5. The van der Waals surface area contributed by atoms with Gasteiger partial charge in [0, 0.05) is 11.8 Å². The van der Waals surface area contributed by atoms with Crippen LogP contribution in [-0.2, 0) is 0 Å². The van der Waals surface area contributed by atoms with E-state index in [4.69, 9.17) is 0 Å². The summed E-state index contributed by atoms with van der Waals surface area (Å²) < 4.78 is 0. The van der Waals surface area contributed by atoms with E-state index in [-0.39, 0.29) is 0 Å². The molecule has 0 radical (unpaired) electrons. The molecule has 16 heavy (non-hydrogen) atoms. The Balaban J connectivity index is 3.05. The molecule has 0 saturated heterocycles. The van der Waals surface area contributed by atoms with Crippen molar-refractivity contribution in [1.82, 2.24) is 0 Å². The van der Waals surface area contributed by atoms with E-state index in [1.54, 1.807) is 0 Å². The molecule has 1 aromatic carbocycles. The van der Waals surface area contributed by atoms with Crippen LogP contribution in [0.2, 0.25) is 0 Å². The van der Waals surface area contributed by atoms with E-state index in [0.717, 1.165) is 5.70 Å². The van der Waals surface area contributed by atoms with Crippen LogP contribution in [0.15, 0.2) is 47.0 Å². The fraction of sp³-hybridized carbons (Fsp3) is 0.267. The van der Waals surface area contributed by atoms with Crippen LogP contribution in [0, 0.1) is 6.92 Å². The van der Waals surface area contributed by atoms with E-state index >= 15 is 0 Å². The van der Waals surface area contributed by atoms with Crippen LogP contribution in [0.3, 0.4) is 0 Å². The molecule has 0 aliphatic heterocycles. The van der Waals surface area contributed by atoms with Crippen molar-refractivity contribution in [3.63, 3.8) is 0 Å². The predicted octanol–water partition coefficient (Wildman–Crippen LogP) is 4.39. The van der Waals surface area contributed by atoms with Gasteiger partial charge in [-0.15, -0.1) is 0 Å². The summed E-state index contributed by atoms with van der Waals surface area (Å²) in [5.41, 5.74) is 4.73. The molecule has 0 heterocycles. The lowest BCUT2D eigenvalue weighted by Gasteiger charge is -2.04. The second-order valence-electron chi connectivity index (χ2n) is 4.02. The number of hydrogen-bond acceptors (Lipinski definition) is 1. The maximum Gasteiger partial charge on any atom is 0.0688 e. The topological polar surface area (TPSA) is 12.4 Å². The first-order valence-electron chi connectivity index (χ1n) is 5.55. The lowest BCUT2D eigenvalue weighted by molar-refractivity contribution is 1.33. The van der Waals surface area contributed by atoms with Crippen LogP contribution in [0.25, 0.3) is 5.70 Å². The minimum absolute atomic E-state index is 1.05. The van der Waals surface area contributed by atoms with E-state index in [9.17, 15) is 0 Å². The minimum atomic E-state index is 1.05. The lowest BCUT2D eigenvalue weighted by atomic mass is 10.1. The van der Waals surface area contributed by atoms with Gasteiger partial charge < -0.3 is 0 Å². The fourth-order valence-corrected chi connectivity index (χ4v) is 1.41. The third kappa shape index (κ3) is 3.50. The van der Waals surface area contributed by atoms with Crippen molar-refractivity contribution in [2.45, 2.75) is 27.7 Å². The van der Waals surface area contributed by atoms with E-state index in [1.165, 1.54) is 16.7 Å². The molecule has 0 unspecified atom stereocenters. The summed E-state index contributed by atoms with van der Waals surface area (Å²) in [6, 6.07) is 8.46. The molecule has 0 aromatic heterocycles. The van der Waals surface area contributed by atoms with Crippen molar-refractivity contribution in [2.75, 3.05) is 0 Å². The Morgan fingerprint density at radius 1 is 1.12 bits per heavy atom. The monoisotopic (exact) mass is 213 g/mol. The number of hydrogen-bond donors (Lipinski definition) is 0. The van der Waals surface area contributed by atoms with Gasteiger partial charge in [-0.2, -0.15) is 0 Å². The Hall–Kier alpha value is -1.63. The van der Waals surface area contributed by atoms with Gasteiger partial charge in [0.1, 0.15) is 0 Å². The maximum atomic E-state index is 4.48. The SMILES string of the molecule is C/C=C\C=NC(=C(C)C)c1ccc(C)cc1. The summed E-state index contributed by atoms with van der Waals surface area (Å²) in [6.45, 7) is 8.25. The molecule has 0 bridgehead atoms. The number of aliphatic imine (C=N–C) groups is 1. The van der Waals surface area contributed by atoms with Gasteiger partial charge in [0.15, 0.2) is 0 Å². The first-order valence-corrected chi connectivity index (χ1v) is 5.55. The number of nitrogens with zero attached hydrogens (tertiary/aromatic N) is 1. The molecule has 0 fully saturated rings. The molecule has 84 valence electrons. The average molecular weight is 213 g/mol. The molecule has 1 heteroatoms. The zero-order valence-electron chi connectivity index (χ0n) is 10.5. The molecular weight excluding hydrogens is 194 g/mol. The average Bonchev–Trinajstić information content (AvgIpc) is 2.26. The zero-order chi connectivity index (χ0) is 12.0. The quantitative estimate of drug-likeness (QED) is 0.660. The lowest BCUT2D eigenvalue weighted by Crippen LogP contribution is -1.85. The summed E-state index contributed by atoms with van der Waals surface area (Å²) in [5.74, 6) is 0. The highest BCUT2D eigenvalue weighted by Crippen LogP contribution is 2.20. The van der Waals surface area contributed by atoms with Crippen molar-refractivity contribution in [1.29, 1.82) is 0 Å². The summed E-state index contributed by atoms with van der Waals surface area (Å²) >= 11 is 0. The predicted molar refractivity (Wildman–Crippen MR) is 72.8 cm³/mol. The minimum Gasteiger partial charge on any atom is -0.256 e. The third-order valence-corrected chi connectivity index (χ3v) is 2.28. The second-order valence-corrected chi connectivity index (χ2v) is 4.02. The Morgan fingerprint density at radius 3 is 2.25 bits per heavy atom. The van der Waals surface area contributed by atoms with Crippen molar-refractivity contribution in [3.8, 4) is 0 Å². The highest BCUT2D eigenvalue weighted by atomic mass is 14.7. The third-order valence-electron chi connectivity index (χ3n) is 2.28. The van der Waals surface area contributed by atoms with Crippen LogP contribution >= 0.6 is 0 Å². The fourth-order valence-electron chi connectivity index (χ4n) is 1.41. The molecule has 0 atom stereocenters. The van der Waals surface area contributed by atoms with Crippen LogP contribution in [-0.4, -0.2) is 6.21 Å². The van der Waals surface area contributed by atoms with Gasteiger partial charge in [-0.25, -0.2) is 0 Å². The highest BCUT2D eigenvalue weighted by Gasteiger charge is 2.00. The van der Waals surface area contributed by atoms with Gasteiger partial charge in [0.05, 0.1) is 5.70 Å². The molecule has 0 amide bonds. The van der Waals surface area contributed by atoms with Crippen LogP contribution in [0.5, 0.6) is 0 Å². The molecule has 1 rings (SSSR count). The van der Waals surface area contributed by atoms with Gasteiger partial charge in [0.25, 0.3) is 0 Å². The molecule has 1 aromatic rings. The number of allylic oxidation sites excluding steroid dienone is 3. The second kappa shape index (κ2) is 6.06. The van der Waals surface area contributed by atoms with Gasteiger partial charge >= 0.3 is 0 Å². The number of rotatable bonds is 3. The van der Waals surface area contributed by atoms with Gasteiger partial charge in [-0.1, -0.05) is 41.5 Å². The maximum absolute atomic E-state index is 4.48. The summed E-state index contributed by atoms with van der Waals surface area (Å²) in [7, 11) is 0. The summed E-state index contributed by atoms with van der Waals surface area (Å²) in [5, 5.41) is 0. The van der Waals surface area contributed by atoms with Crippen molar-refractivity contribution in [3.05, 3.63) is 53.1 Å². The molecule has 0 spiro atoms. The molecule has 0 saturated carbocycles. The Morgan fingerprint density at radius 2 is 1.75 bits per heavy atom. The first-order chi connectivity index (χ1) is 7.65. The smallest absolute Gasteiger partial charge is 0.0688 e. The van der Waals surface area contributed by atoms with Gasteiger partial charge in [0.2, 0.25) is 0 Å². The standard InChI is InChI=1S/C15H19N/c1-5-6-11-16-15(12(2)3)14-9-7-13(4)8-10-14/h5-11H,1-4H3/b6-5-,16-11?. The molecule has 0 N–H and O–H groups in total. The summed E-state index contributed by atoms with van der Waals surface area (Å²) in [4.78, 5) is 4.48. The molecular formula is C15H19N. The highest BCUT2D eigenvalue weighted by molar-refractivity contribution is 5.80. The van der Waals surface area contributed by atoms with Gasteiger partial charge in [-0.05, 0) is 33.8 Å². The van der Waals surface area contributed by atoms with Crippen molar-refractivity contribution < 1.29 is 0 Å². The number of benzene rings is 1. The van der Waals surface area contributed by atoms with Crippen LogP contribution in [0.1, 0.15) is 31.9 Å². The molecule has 0 aliphatic carbocycles. The Kier molecular flexibility index (Phi) is 4.71. The van der Waals surface area contributed by atoms with E-state index in [1.807, 2.05) is 25.3 Å². The molecule has 0 aliphatic rings.